The Kier molecular flexibility index (Phi) is 6.54. The molecule has 0 aliphatic heterocycles. The van der Waals surface area contributed by atoms with Gasteiger partial charge in [0.2, 0.25) is 0 Å². The van der Waals surface area contributed by atoms with Crippen LogP contribution in [0.3, 0.4) is 0 Å². The summed E-state index contributed by atoms with van der Waals surface area (Å²) in [5.41, 5.74) is 14.0. The summed E-state index contributed by atoms with van der Waals surface area (Å²) in [4.78, 5) is 2.39. The molecule has 55 heavy (non-hydrogen) atoms. The molecule has 1 aliphatic carbocycles. The van der Waals surface area contributed by atoms with Crippen molar-refractivity contribution in [1.82, 2.24) is 0 Å². The Labute approximate surface area is 318 Å². The van der Waals surface area contributed by atoms with Crippen molar-refractivity contribution in [2.45, 2.75) is 45.4 Å². The molecule has 0 atom stereocenters. The lowest BCUT2D eigenvalue weighted by Crippen LogP contribution is -2.22. The van der Waals surface area contributed by atoms with E-state index in [1.165, 1.54) is 16.7 Å². The number of rotatable bonds is 3. The predicted molar refractivity (Wildman–Crippen MR) is 229 cm³/mol. The van der Waals surface area contributed by atoms with E-state index >= 15 is 0 Å². The minimum atomic E-state index is -0.410. The van der Waals surface area contributed by atoms with E-state index in [1.54, 1.807) is 0 Å². The second kappa shape index (κ2) is 11.3. The third kappa shape index (κ3) is 4.70. The number of para-hydroxylation sites is 3. The average Bonchev–Trinajstić information content (AvgIpc) is 3.86. The number of furan rings is 3. The van der Waals surface area contributed by atoms with Gasteiger partial charge < -0.3 is 18.2 Å². The molecule has 4 heteroatoms. The molecule has 0 unspecified atom stereocenters. The van der Waals surface area contributed by atoms with Crippen LogP contribution < -0.4 is 4.90 Å². The molecule has 0 radical (unpaired) electrons. The van der Waals surface area contributed by atoms with Gasteiger partial charge in [-0.25, -0.2) is 0 Å². The summed E-state index contributed by atoms with van der Waals surface area (Å²) >= 11 is 0. The first-order valence-electron chi connectivity index (χ1n) is 19.1. The molecular weight excluding hydrogens is 675 g/mol. The fourth-order valence-corrected chi connectivity index (χ4v) is 8.93. The van der Waals surface area contributed by atoms with E-state index in [9.17, 15) is 0 Å². The maximum Gasteiger partial charge on any atom is 0.145 e. The molecule has 0 amide bonds. The van der Waals surface area contributed by atoms with Gasteiger partial charge >= 0.3 is 0 Å². The Morgan fingerprint density at radius 2 is 1.07 bits per heavy atom. The molecule has 0 saturated carbocycles. The van der Waals surface area contributed by atoms with E-state index < -0.39 is 5.41 Å². The van der Waals surface area contributed by atoms with E-state index in [0.29, 0.717) is 0 Å². The van der Waals surface area contributed by atoms with Gasteiger partial charge in [-0.2, -0.15) is 0 Å². The predicted octanol–water partition coefficient (Wildman–Crippen LogP) is 15.0. The van der Waals surface area contributed by atoms with Gasteiger partial charge in [-0.3, -0.25) is 0 Å². The second-order valence-corrected chi connectivity index (χ2v) is 16.6. The molecular formula is C51H39NO3. The Morgan fingerprint density at radius 3 is 1.76 bits per heavy atom. The first kappa shape index (κ1) is 32.0. The summed E-state index contributed by atoms with van der Waals surface area (Å²) in [7, 11) is 0. The third-order valence-corrected chi connectivity index (χ3v) is 11.8. The zero-order valence-corrected chi connectivity index (χ0v) is 31.5. The monoisotopic (exact) mass is 713 g/mol. The lowest BCUT2D eigenvalue weighted by atomic mass is 9.74. The van der Waals surface area contributed by atoms with Gasteiger partial charge in [0.1, 0.15) is 33.5 Å². The van der Waals surface area contributed by atoms with E-state index in [2.05, 4.69) is 161 Å². The molecule has 1 aliphatic rings. The Hall–Kier alpha value is -6.52. The summed E-state index contributed by atoms with van der Waals surface area (Å²) in [5, 5.41) is 6.63. The van der Waals surface area contributed by atoms with Gasteiger partial charge in [0, 0.05) is 55.4 Å². The van der Waals surface area contributed by atoms with E-state index in [4.69, 9.17) is 13.3 Å². The van der Waals surface area contributed by atoms with Gasteiger partial charge in [-0.1, -0.05) is 114 Å². The Morgan fingerprint density at radius 1 is 0.491 bits per heavy atom. The normalized spacial score (nSPS) is 14.0. The van der Waals surface area contributed by atoms with E-state index in [-0.39, 0.29) is 5.41 Å². The number of hydrogen-bond acceptors (Lipinski definition) is 4. The van der Waals surface area contributed by atoms with Crippen molar-refractivity contribution in [3.63, 3.8) is 0 Å². The maximum absolute atomic E-state index is 6.94. The topological polar surface area (TPSA) is 42.7 Å². The summed E-state index contributed by atoms with van der Waals surface area (Å²) < 4.78 is 19.8. The van der Waals surface area contributed by atoms with Crippen molar-refractivity contribution < 1.29 is 13.3 Å². The lowest BCUT2D eigenvalue weighted by molar-refractivity contribution is 0.590. The molecule has 0 bridgehead atoms. The zero-order chi connectivity index (χ0) is 37.2. The highest BCUT2D eigenvalue weighted by Gasteiger charge is 2.35. The van der Waals surface area contributed by atoms with Crippen LogP contribution in [0.5, 0.6) is 0 Å². The lowest BCUT2D eigenvalue weighted by Gasteiger charge is -2.32. The molecule has 7 aromatic carbocycles. The molecule has 0 fully saturated rings. The van der Waals surface area contributed by atoms with Crippen LogP contribution in [-0.4, -0.2) is 0 Å². The van der Waals surface area contributed by atoms with E-state index in [1.807, 2.05) is 24.3 Å². The van der Waals surface area contributed by atoms with Gasteiger partial charge in [0.25, 0.3) is 0 Å². The van der Waals surface area contributed by atoms with Crippen molar-refractivity contribution in [3.05, 3.63) is 161 Å². The Bertz CT molecular complexity index is 3210. The molecule has 10 aromatic rings. The van der Waals surface area contributed by atoms with Crippen LogP contribution in [0.1, 0.15) is 62.4 Å². The van der Waals surface area contributed by atoms with E-state index in [0.717, 1.165) is 94.0 Å². The van der Waals surface area contributed by atoms with Crippen molar-refractivity contribution in [2.75, 3.05) is 4.90 Å². The highest BCUT2D eigenvalue weighted by molar-refractivity contribution is 6.17. The summed E-state index contributed by atoms with van der Waals surface area (Å²) in [6.07, 6.45) is 4.48. The number of fused-ring (bicyclic) bond motifs is 12. The number of hydrogen-bond donors (Lipinski definition) is 0. The fraction of sp³-hybridized carbons (Fsp3) is 0.137. The third-order valence-electron chi connectivity index (χ3n) is 11.8. The summed E-state index contributed by atoms with van der Waals surface area (Å²) in [6.45, 7) is 11.5. The fourth-order valence-electron chi connectivity index (χ4n) is 8.93. The number of benzene rings is 7. The molecule has 11 rings (SSSR count). The van der Waals surface area contributed by atoms with Crippen LogP contribution in [0.4, 0.5) is 17.1 Å². The largest absolute Gasteiger partial charge is 0.456 e. The zero-order valence-electron chi connectivity index (χ0n) is 31.5. The van der Waals surface area contributed by atoms with Crippen LogP contribution >= 0.6 is 0 Å². The minimum absolute atomic E-state index is 0.0180. The highest BCUT2D eigenvalue weighted by atomic mass is 16.3. The van der Waals surface area contributed by atoms with Gasteiger partial charge in [-0.05, 0) is 88.3 Å². The van der Waals surface area contributed by atoms with Crippen LogP contribution in [0.15, 0.2) is 147 Å². The van der Waals surface area contributed by atoms with Gasteiger partial charge in [0.05, 0.1) is 11.1 Å². The molecule has 0 spiro atoms. The number of anilines is 3. The van der Waals surface area contributed by atoms with Crippen molar-refractivity contribution in [2.24, 2.45) is 0 Å². The number of nitrogens with zero attached hydrogens (tertiary/aromatic N) is 1. The molecule has 0 N–H and O–H groups in total. The quantitative estimate of drug-likeness (QED) is 0.183. The average molecular weight is 714 g/mol. The smallest absolute Gasteiger partial charge is 0.145 e. The molecule has 3 heterocycles. The summed E-state index contributed by atoms with van der Waals surface area (Å²) in [5.74, 6) is 0. The van der Waals surface area contributed by atoms with Gasteiger partial charge in [0.15, 0.2) is 0 Å². The first-order valence-corrected chi connectivity index (χ1v) is 19.1. The van der Waals surface area contributed by atoms with Crippen LogP contribution in [0, 0.1) is 0 Å². The SMILES string of the molecule is CC(C)(C)c1ccc(N(c2ccc3c(c2)oc2ccccc23)c2cc3c(c4oc5ccccc5c24)C=Cc2cc4oc5ccccc5c4cc2C3(C)C)cc1. The van der Waals surface area contributed by atoms with Gasteiger partial charge in [-0.15, -0.1) is 0 Å². The van der Waals surface area contributed by atoms with Crippen molar-refractivity contribution in [3.8, 4) is 0 Å². The molecule has 0 saturated heterocycles. The standard InChI is InChI=1S/C51H39NO3/c1-50(2,3)31-19-21-32(22-20-31)52(33-23-25-36-34-12-6-9-15-43(34)54-47(36)27-33)42-29-41-37(49-48(42)38-14-8-11-17-45(38)55-49)24-18-30-26-46-39(28-40(30)51(41,4)5)35-13-7-10-16-44(35)53-46/h6-29H,1-5H3. The van der Waals surface area contributed by atoms with Crippen LogP contribution in [-0.2, 0) is 10.8 Å². The minimum Gasteiger partial charge on any atom is -0.456 e. The first-order chi connectivity index (χ1) is 26.6. The van der Waals surface area contributed by atoms with Crippen LogP contribution in [0.25, 0.3) is 78.0 Å². The Balaban J connectivity index is 1.22. The van der Waals surface area contributed by atoms with Crippen molar-refractivity contribution >= 4 is 95.0 Å². The second-order valence-electron chi connectivity index (χ2n) is 16.6. The van der Waals surface area contributed by atoms with Crippen LogP contribution in [0.2, 0.25) is 0 Å². The summed E-state index contributed by atoms with van der Waals surface area (Å²) in [6, 6.07) is 47.6. The molecule has 3 aromatic heterocycles. The molecule has 266 valence electrons. The van der Waals surface area contributed by atoms with Crippen molar-refractivity contribution in [1.29, 1.82) is 0 Å². The highest BCUT2D eigenvalue weighted by Crippen LogP contribution is 2.51. The molecule has 4 nitrogen and oxygen atoms in total. The maximum atomic E-state index is 6.94.